The molecule has 32 heavy (non-hydrogen) atoms. The fourth-order valence-electron chi connectivity index (χ4n) is 5.32. The Balaban J connectivity index is 1.55. The van der Waals surface area contributed by atoms with Crippen molar-refractivity contribution in [2.45, 2.75) is 58.3 Å². The maximum atomic E-state index is 13.4. The predicted octanol–water partition coefficient (Wildman–Crippen LogP) is 5.16. The number of rotatable bonds is 8. The van der Waals surface area contributed by atoms with Gasteiger partial charge in [0.1, 0.15) is 5.75 Å². The van der Waals surface area contributed by atoms with Gasteiger partial charge in [-0.05, 0) is 56.7 Å². The van der Waals surface area contributed by atoms with Gasteiger partial charge in [-0.3, -0.25) is 9.59 Å². The smallest absolute Gasteiger partial charge is 0.307 e. The van der Waals surface area contributed by atoms with E-state index in [1.54, 1.807) is 0 Å². The van der Waals surface area contributed by atoms with Crippen LogP contribution in [0.1, 0.15) is 58.3 Å². The molecule has 0 heterocycles. The lowest BCUT2D eigenvalue weighted by molar-refractivity contribution is -0.144. The Morgan fingerprint density at radius 2 is 1.91 bits per heavy atom. The zero-order chi connectivity index (χ0) is 22.7. The van der Waals surface area contributed by atoms with E-state index in [-0.39, 0.29) is 11.8 Å². The number of carbonyl (C=O) groups is 2. The van der Waals surface area contributed by atoms with Crippen molar-refractivity contribution in [3.8, 4) is 5.75 Å². The highest BCUT2D eigenvalue weighted by Gasteiger charge is 2.36. The molecule has 2 unspecified atom stereocenters. The van der Waals surface area contributed by atoms with Crippen LogP contribution in [0.25, 0.3) is 0 Å². The summed E-state index contributed by atoms with van der Waals surface area (Å²) >= 11 is 0. The average Bonchev–Trinajstić information content (AvgIpc) is 3.35. The lowest BCUT2D eigenvalue weighted by atomic mass is 9.77. The van der Waals surface area contributed by atoms with Gasteiger partial charge in [-0.15, -0.1) is 0 Å². The number of hydrogen-bond donors (Lipinski definition) is 3. The molecule has 0 aliphatic heterocycles. The molecule has 0 radical (unpaired) electrons. The van der Waals surface area contributed by atoms with Crippen molar-refractivity contribution < 1.29 is 19.4 Å². The molecule has 1 fully saturated rings. The monoisotopic (exact) mass is 436 g/mol. The highest BCUT2D eigenvalue weighted by atomic mass is 16.5. The lowest BCUT2D eigenvalue weighted by Crippen LogP contribution is -2.33. The first kappa shape index (κ1) is 22.2. The minimum Gasteiger partial charge on any atom is -0.494 e. The number of ether oxygens (including phenoxy) is 1. The molecule has 6 nitrogen and oxygen atoms in total. The van der Waals surface area contributed by atoms with Gasteiger partial charge >= 0.3 is 5.97 Å². The Labute approximate surface area is 189 Å². The quantitative estimate of drug-likeness (QED) is 0.524. The third-order valence-corrected chi connectivity index (χ3v) is 6.80. The number of allylic oxidation sites excluding steroid dienone is 2. The molecule has 0 spiro atoms. The third-order valence-electron chi connectivity index (χ3n) is 6.80. The molecule has 1 aromatic carbocycles. The molecule has 0 saturated heterocycles. The normalized spacial score (nSPS) is 22.5. The number of amides is 1. The van der Waals surface area contributed by atoms with Crippen LogP contribution in [0.5, 0.6) is 5.75 Å². The standard InChI is InChI=1S/C26H32N2O4/c1-3-32-19-10-7-9-18(15-19)28-25(29)24-21-13-6-8-17(21)14-23(24)27-16(2)20-11-4-5-12-22(20)26(30)31/h7,9-10,15,20,22,27H,2-6,8,11-14H2,1H3,(H,28,29)(H,30,31). The zero-order valence-electron chi connectivity index (χ0n) is 18.7. The summed E-state index contributed by atoms with van der Waals surface area (Å²) in [7, 11) is 0. The van der Waals surface area contributed by atoms with E-state index in [1.165, 1.54) is 5.57 Å². The number of carboxylic acids is 1. The summed E-state index contributed by atoms with van der Waals surface area (Å²) in [5.74, 6) is -0.708. The minimum absolute atomic E-state index is 0.114. The summed E-state index contributed by atoms with van der Waals surface area (Å²) in [4.78, 5) is 25.1. The number of nitrogens with one attached hydrogen (secondary N) is 2. The number of benzene rings is 1. The van der Waals surface area contributed by atoms with Crippen LogP contribution in [-0.2, 0) is 9.59 Å². The minimum atomic E-state index is -0.759. The number of carbonyl (C=O) groups excluding carboxylic acids is 1. The second-order valence-corrected chi connectivity index (χ2v) is 8.87. The predicted molar refractivity (Wildman–Crippen MR) is 124 cm³/mol. The van der Waals surface area contributed by atoms with Gasteiger partial charge in [0.15, 0.2) is 0 Å². The molecule has 2 atom stereocenters. The van der Waals surface area contributed by atoms with Crippen LogP contribution in [0.4, 0.5) is 5.69 Å². The van der Waals surface area contributed by atoms with Crippen molar-refractivity contribution in [1.29, 1.82) is 0 Å². The van der Waals surface area contributed by atoms with Gasteiger partial charge in [0, 0.05) is 35.5 Å². The summed E-state index contributed by atoms with van der Waals surface area (Å²) in [6.45, 7) is 6.69. The van der Waals surface area contributed by atoms with Crippen molar-refractivity contribution in [1.82, 2.24) is 5.32 Å². The Bertz CT molecular complexity index is 991. The van der Waals surface area contributed by atoms with Crippen molar-refractivity contribution in [2.75, 3.05) is 11.9 Å². The van der Waals surface area contributed by atoms with Gasteiger partial charge in [0.2, 0.25) is 0 Å². The van der Waals surface area contributed by atoms with Crippen LogP contribution < -0.4 is 15.4 Å². The molecule has 170 valence electrons. The summed E-state index contributed by atoms with van der Waals surface area (Å²) < 4.78 is 5.55. The van der Waals surface area contributed by atoms with Crippen molar-refractivity contribution >= 4 is 17.6 Å². The molecule has 3 aliphatic carbocycles. The van der Waals surface area contributed by atoms with E-state index in [9.17, 15) is 14.7 Å². The van der Waals surface area contributed by atoms with E-state index in [0.29, 0.717) is 30.7 Å². The molecular weight excluding hydrogens is 404 g/mol. The molecule has 1 aromatic rings. The first-order chi connectivity index (χ1) is 15.5. The molecule has 0 bridgehead atoms. The maximum Gasteiger partial charge on any atom is 0.307 e. The Hall–Kier alpha value is -3.02. The lowest BCUT2D eigenvalue weighted by Gasteiger charge is -2.31. The van der Waals surface area contributed by atoms with Crippen LogP contribution in [0.3, 0.4) is 0 Å². The molecule has 3 aliphatic rings. The van der Waals surface area contributed by atoms with E-state index < -0.39 is 11.9 Å². The van der Waals surface area contributed by atoms with Gasteiger partial charge in [0.05, 0.1) is 18.1 Å². The van der Waals surface area contributed by atoms with Gasteiger partial charge in [-0.25, -0.2) is 0 Å². The van der Waals surface area contributed by atoms with E-state index in [4.69, 9.17) is 4.74 Å². The summed E-state index contributed by atoms with van der Waals surface area (Å²) in [6.07, 6.45) is 7.12. The van der Waals surface area contributed by atoms with E-state index in [0.717, 1.165) is 61.2 Å². The fourth-order valence-corrected chi connectivity index (χ4v) is 5.32. The number of anilines is 1. The second kappa shape index (κ2) is 9.63. The fraction of sp³-hybridized carbons (Fsp3) is 0.462. The Kier molecular flexibility index (Phi) is 6.68. The van der Waals surface area contributed by atoms with Crippen LogP contribution in [0.15, 0.2) is 59.0 Å². The molecule has 6 heteroatoms. The Morgan fingerprint density at radius 1 is 1.12 bits per heavy atom. The van der Waals surface area contributed by atoms with Crippen LogP contribution in [0.2, 0.25) is 0 Å². The van der Waals surface area contributed by atoms with Crippen molar-refractivity contribution in [2.24, 2.45) is 11.8 Å². The number of aliphatic carboxylic acids is 1. The first-order valence-corrected chi connectivity index (χ1v) is 11.6. The highest BCUT2D eigenvalue weighted by molar-refractivity contribution is 6.08. The molecule has 3 N–H and O–H groups in total. The average molecular weight is 437 g/mol. The zero-order valence-corrected chi connectivity index (χ0v) is 18.7. The molecule has 1 saturated carbocycles. The van der Waals surface area contributed by atoms with Crippen LogP contribution in [0, 0.1) is 11.8 Å². The van der Waals surface area contributed by atoms with Crippen molar-refractivity contribution in [3.63, 3.8) is 0 Å². The summed E-state index contributed by atoms with van der Waals surface area (Å²) in [5, 5.41) is 16.1. The Morgan fingerprint density at radius 3 is 2.66 bits per heavy atom. The van der Waals surface area contributed by atoms with Crippen molar-refractivity contribution in [3.05, 3.63) is 59.0 Å². The van der Waals surface area contributed by atoms with E-state index in [2.05, 4.69) is 17.2 Å². The van der Waals surface area contributed by atoms with Gasteiger partial charge in [-0.1, -0.05) is 31.1 Å². The van der Waals surface area contributed by atoms with E-state index >= 15 is 0 Å². The van der Waals surface area contributed by atoms with Crippen LogP contribution in [-0.4, -0.2) is 23.6 Å². The largest absolute Gasteiger partial charge is 0.494 e. The maximum absolute atomic E-state index is 13.4. The summed E-state index contributed by atoms with van der Waals surface area (Å²) in [6, 6.07) is 7.41. The molecular formula is C26H32N2O4. The number of hydrogen-bond acceptors (Lipinski definition) is 4. The second-order valence-electron chi connectivity index (χ2n) is 8.87. The van der Waals surface area contributed by atoms with Gasteiger partial charge in [0.25, 0.3) is 5.91 Å². The molecule has 0 aromatic heterocycles. The highest BCUT2D eigenvalue weighted by Crippen LogP contribution is 2.43. The van der Waals surface area contributed by atoms with Crippen LogP contribution >= 0.6 is 0 Å². The molecule has 1 amide bonds. The molecule has 4 rings (SSSR count). The van der Waals surface area contributed by atoms with E-state index in [1.807, 2.05) is 31.2 Å². The van der Waals surface area contributed by atoms with Gasteiger partial charge < -0.3 is 20.5 Å². The number of carboxylic acid groups (broad SMARTS) is 1. The first-order valence-electron chi connectivity index (χ1n) is 11.6. The SMILES string of the molecule is C=C(NC1=C(C(=O)Nc2cccc(OCC)c2)C2=C(CCC2)C1)C1CCCCC1C(=O)O. The van der Waals surface area contributed by atoms with Gasteiger partial charge in [-0.2, -0.15) is 0 Å². The third kappa shape index (κ3) is 4.59. The topological polar surface area (TPSA) is 87.7 Å². The summed E-state index contributed by atoms with van der Waals surface area (Å²) in [5.41, 5.74) is 5.41.